The number of hydrogen-bond acceptors (Lipinski definition) is 4. The van der Waals surface area contributed by atoms with E-state index in [4.69, 9.17) is 0 Å². The molecule has 1 N–H and O–H groups in total. The van der Waals surface area contributed by atoms with E-state index >= 15 is 0 Å². The molecule has 0 aromatic carbocycles. The average molecular weight is 358 g/mol. The molecule has 138 valence electrons. The molecule has 24 heavy (non-hydrogen) atoms. The van der Waals surface area contributed by atoms with Gasteiger partial charge in [-0.15, -0.1) is 0 Å². The minimum Gasteiger partial charge on any atom is -0.338 e. The maximum atomic E-state index is 12.3. The Labute approximate surface area is 145 Å². The second kappa shape index (κ2) is 7.60. The molecule has 3 rings (SSSR count). The lowest BCUT2D eigenvalue weighted by Crippen LogP contribution is -2.43. The Morgan fingerprint density at radius 1 is 0.958 bits per heavy atom. The van der Waals surface area contributed by atoms with Crippen molar-refractivity contribution >= 4 is 15.9 Å². The molecule has 0 radical (unpaired) electrons. The summed E-state index contributed by atoms with van der Waals surface area (Å²) in [6.45, 7) is 4.57. The number of hydrogen-bond donors (Lipinski definition) is 1. The lowest BCUT2D eigenvalue weighted by atomic mass is 9.64. The molecule has 2 amide bonds. The van der Waals surface area contributed by atoms with Crippen LogP contribution in [0.15, 0.2) is 0 Å². The summed E-state index contributed by atoms with van der Waals surface area (Å²) in [4.78, 5) is 16.5. The predicted octanol–water partition coefficient (Wildman–Crippen LogP) is 1.47. The van der Waals surface area contributed by atoms with Crippen LogP contribution >= 0.6 is 0 Å². The molecule has 0 atom stereocenters. The number of carbonyl (C=O) groups excluding carboxylic acids is 1. The molecule has 1 spiro atoms. The van der Waals surface area contributed by atoms with Gasteiger partial charge in [-0.1, -0.05) is 6.42 Å². The Morgan fingerprint density at radius 3 is 2.33 bits per heavy atom. The van der Waals surface area contributed by atoms with Gasteiger partial charge in [-0.25, -0.2) is 13.2 Å². The average Bonchev–Trinajstić information content (AvgIpc) is 2.75. The molecule has 0 bridgehead atoms. The molecule has 2 aliphatic heterocycles. The van der Waals surface area contributed by atoms with Crippen LogP contribution in [0.1, 0.15) is 44.9 Å². The third kappa shape index (κ3) is 4.63. The third-order valence-corrected chi connectivity index (χ3v) is 7.72. The Morgan fingerprint density at radius 2 is 1.67 bits per heavy atom. The zero-order chi connectivity index (χ0) is 17.0. The van der Waals surface area contributed by atoms with Crippen molar-refractivity contribution in [3.05, 3.63) is 0 Å². The number of nitrogens with zero attached hydrogens (tertiary/aromatic N) is 2. The predicted molar refractivity (Wildman–Crippen MR) is 94.8 cm³/mol. The van der Waals surface area contributed by atoms with E-state index in [1.807, 2.05) is 4.90 Å². The number of nitrogens with one attached hydrogen (secondary N) is 1. The van der Waals surface area contributed by atoms with Crippen molar-refractivity contribution in [1.82, 2.24) is 15.1 Å². The van der Waals surface area contributed by atoms with Crippen molar-refractivity contribution in [3.8, 4) is 0 Å². The molecule has 2 heterocycles. The van der Waals surface area contributed by atoms with Crippen LogP contribution in [0.5, 0.6) is 0 Å². The van der Waals surface area contributed by atoms with Crippen LogP contribution in [0.4, 0.5) is 4.79 Å². The number of amides is 2. The standard InChI is InChI=1S/C17H31N3O3S/c21-16(20-10-2-6-17(7-11-20)4-1-5-17)18-8-3-9-19-12-14-24(22,23)15-13-19/h1-15H2,(H,18,21). The van der Waals surface area contributed by atoms with Gasteiger partial charge >= 0.3 is 6.03 Å². The monoisotopic (exact) mass is 357 g/mol. The van der Waals surface area contributed by atoms with E-state index in [0.717, 1.165) is 32.5 Å². The Balaban J connectivity index is 1.31. The summed E-state index contributed by atoms with van der Waals surface area (Å²) in [6, 6.07) is 0.0765. The molecule has 0 aromatic rings. The maximum absolute atomic E-state index is 12.3. The third-order valence-electron chi connectivity index (χ3n) is 6.11. The largest absolute Gasteiger partial charge is 0.338 e. The maximum Gasteiger partial charge on any atom is 0.317 e. The second-order valence-electron chi connectivity index (χ2n) is 7.77. The number of carbonyl (C=O) groups is 1. The Kier molecular flexibility index (Phi) is 5.70. The molecule has 1 saturated carbocycles. The van der Waals surface area contributed by atoms with Crippen LogP contribution in [0, 0.1) is 5.41 Å². The summed E-state index contributed by atoms with van der Waals surface area (Å²) >= 11 is 0. The lowest BCUT2D eigenvalue weighted by Gasteiger charge is -2.41. The first kappa shape index (κ1) is 18.0. The Hall–Kier alpha value is -0.820. The van der Waals surface area contributed by atoms with E-state index in [2.05, 4.69) is 10.2 Å². The summed E-state index contributed by atoms with van der Waals surface area (Å²) in [6.07, 6.45) is 8.54. The van der Waals surface area contributed by atoms with E-state index in [0.29, 0.717) is 25.0 Å². The van der Waals surface area contributed by atoms with Crippen LogP contribution in [0.3, 0.4) is 0 Å². The van der Waals surface area contributed by atoms with Crippen molar-refractivity contribution in [1.29, 1.82) is 0 Å². The first-order chi connectivity index (χ1) is 11.5. The molecule has 7 heteroatoms. The van der Waals surface area contributed by atoms with Crippen molar-refractivity contribution in [2.24, 2.45) is 5.41 Å². The molecular formula is C17H31N3O3S. The van der Waals surface area contributed by atoms with Crippen LogP contribution in [-0.4, -0.2) is 75.0 Å². The highest BCUT2D eigenvalue weighted by Gasteiger charge is 2.38. The van der Waals surface area contributed by atoms with Gasteiger partial charge < -0.3 is 15.1 Å². The van der Waals surface area contributed by atoms with E-state index in [1.165, 1.54) is 32.1 Å². The van der Waals surface area contributed by atoms with Gasteiger partial charge in [0.1, 0.15) is 0 Å². The van der Waals surface area contributed by atoms with Gasteiger partial charge in [0, 0.05) is 32.7 Å². The molecular weight excluding hydrogens is 326 g/mol. The fourth-order valence-electron chi connectivity index (χ4n) is 4.22. The molecule has 0 unspecified atom stereocenters. The number of urea groups is 1. The van der Waals surface area contributed by atoms with Gasteiger partial charge in [-0.3, -0.25) is 0 Å². The molecule has 3 fully saturated rings. The zero-order valence-corrected chi connectivity index (χ0v) is 15.5. The molecule has 1 aliphatic carbocycles. The van der Waals surface area contributed by atoms with Gasteiger partial charge in [0.25, 0.3) is 0 Å². The molecule has 3 aliphatic rings. The van der Waals surface area contributed by atoms with E-state index in [9.17, 15) is 13.2 Å². The number of sulfone groups is 1. The summed E-state index contributed by atoms with van der Waals surface area (Å²) in [7, 11) is -2.80. The normalized spacial score (nSPS) is 26.6. The van der Waals surface area contributed by atoms with Crippen molar-refractivity contribution in [2.75, 3.05) is 50.8 Å². The highest BCUT2D eigenvalue weighted by Crippen LogP contribution is 2.48. The number of likely N-dealkylation sites (tertiary alicyclic amines) is 1. The fraction of sp³-hybridized carbons (Fsp3) is 0.941. The smallest absolute Gasteiger partial charge is 0.317 e. The quantitative estimate of drug-likeness (QED) is 0.774. The van der Waals surface area contributed by atoms with Crippen LogP contribution in [0.25, 0.3) is 0 Å². The van der Waals surface area contributed by atoms with Gasteiger partial charge in [-0.2, -0.15) is 0 Å². The molecule has 0 aromatic heterocycles. The fourth-order valence-corrected chi connectivity index (χ4v) is 5.49. The zero-order valence-electron chi connectivity index (χ0n) is 14.6. The van der Waals surface area contributed by atoms with Gasteiger partial charge in [0.05, 0.1) is 11.5 Å². The molecule has 6 nitrogen and oxygen atoms in total. The van der Waals surface area contributed by atoms with Gasteiger partial charge in [0.2, 0.25) is 0 Å². The number of rotatable bonds is 4. The van der Waals surface area contributed by atoms with E-state index in [-0.39, 0.29) is 17.5 Å². The van der Waals surface area contributed by atoms with Crippen LogP contribution < -0.4 is 5.32 Å². The first-order valence-corrected chi connectivity index (χ1v) is 11.3. The summed E-state index contributed by atoms with van der Waals surface area (Å²) in [5.74, 6) is 0.545. The van der Waals surface area contributed by atoms with Crippen LogP contribution in [0.2, 0.25) is 0 Å². The second-order valence-corrected chi connectivity index (χ2v) is 10.1. The lowest BCUT2D eigenvalue weighted by molar-refractivity contribution is 0.110. The van der Waals surface area contributed by atoms with Gasteiger partial charge in [-0.05, 0) is 50.5 Å². The van der Waals surface area contributed by atoms with Crippen molar-refractivity contribution in [2.45, 2.75) is 44.9 Å². The SMILES string of the molecule is O=C(NCCCN1CCS(=O)(=O)CC1)N1CCCC2(CCC2)CC1. The van der Waals surface area contributed by atoms with Crippen LogP contribution in [-0.2, 0) is 9.84 Å². The molecule has 2 saturated heterocycles. The summed E-state index contributed by atoms with van der Waals surface area (Å²) < 4.78 is 22.8. The highest BCUT2D eigenvalue weighted by atomic mass is 32.2. The summed E-state index contributed by atoms with van der Waals surface area (Å²) in [5.41, 5.74) is 0.559. The van der Waals surface area contributed by atoms with Crippen molar-refractivity contribution in [3.63, 3.8) is 0 Å². The topological polar surface area (TPSA) is 69.7 Å². The summed E-state index contributed by atoms with van der Waals surface area (Å²) in [5, 5.41) is 3.04. The van der Waals surface area contributed by atoms with E-state index < -0.39 is 9.84 Å². The van der Waals surface area contributed by atoms with Crippen molar-refractivity contribution < 1.29 is 13.2 Å². The first-order valence-electron chi connectivity index (χ1n) is 9.44. The minimum absolute atomic E-state index is 0.0765. The Bertz CT molecular complexity index is 531. The van der Waals surface area contributed by atoms with E-state index in [1.54, 1.807) is 0 Å². The van der Waals surface area contributed by atoms with Gasteiger partial charge in [0.15, 0.2) is 9.84 Å². The minimum atomic E-state index is -2.80. The highest BCUT2D eigenvalue weighted by molar-refractivity contribution is 7.91.